The molecule has 0 aliphatic rings. The van der Waals surface area contributed by atoms with Crippen molar-refractivity contribution < 1.29 is 4.79 Å². The lowest BCUT2D eigenvalue weighted by molar-refractivity contribution is 0.103. The quantitative estimate of drug-likeness (QED) is 0.917. The van der Waals surface area contributed by atoms with E-state index in [1.807, 2.05) is 38.1 Å². The van der Waals surface area contributed by atoms with E-state index < -0.39 is 0 Å². The van der Waals surface area contributed by atoms with E-state index in [1.165, 1.54) is 11.3 Å². The maximum Gasteiger partial charge on any atom is 0.267 e. The van der Waals surface area contributed by atoms with Gasteiger partial charge >= 0.3 is 0 Å². The second kappa shape index (κ2) is 4.98. The number of thiazole rings is 1. The van der Waals surface area contributed by atoms with Crippen LogP contribution in [0.1, 0.15) is 20.4 Å². The van der Waals surface area contributed by atoms with Crippen molar-refractivity contribution in [1.29, 1.82) is 0 Å². The van der Waals surface area contributed by atoms with Crippen LogP contribution in [-0.2, 0) is 0 Å². The minimum Gasteiger partial charge on any atom is -0.321 e. The van der Waals surface area contributed by atoms with E-state index in [9.17, 15) is 4.79 Å². The highest BCUT2D eigenvalue weighted by Gasteiger charge is 2.13. The fraction of sp³-hybridized carbons (Fsp3) is 0.167. The van der Waals surface area contributed by atoms with Gasteiger partial charge in [0.1, 0.15) is 4.88 Å². The van der Waals surface area contributed by atoms with E-state index in [4.69, 9.17) is 0 Å². The van der Waals surface area contributed by atoms with E-state index in [0.717, 1.165) is 20.9 Å². The van der Waals surface area contributed by atoms with Crippen molar-refractivity contribution >= 4 is 38.9 Å². The van der Waals surface area contributed by atoms with Crippen molar-refractivity contribution in [3.05, 3.63) is 44.3 Å². The van der Waals surface area contributed by atoms with E-state index >= 15 is 0 Å². The number of hydrogen-bond acceptors (Lipinski definition) is 3. The van der Waals surface area contributed by atoms with E-state index in [1.54, 1.807) is 0 Å². The fourth-order valence-electron chi connectivity index (χ4n) is 1.46. The van der Waals surface area contributed by atoms with Crippen molar-refractivity contribution in [2.24, 2.45) is 0 Å². The molecule has 2 aromatic rings. The molecule has 2 rings (SSSR count). The standard InChI is InChI=1S/C12H11BrN2OS/c1-7-11(17-8(2)14-7)12(16)15-10-5-3-9(13)4-6-10/h3-6H,1-2H3,(H,15,16). The minimum absolute atomic E-state index is 0.101. The number of benzene rings is 1. The first-order valence-electron chi connectivity index (χ1n) is 5.07. The molecular formula is C12H11BrN2OS. The number of aromatic nitrogens is 1. The van der Waals surface area contributed by atoms with Crippen molar-refractivity contribution in [1.82, 2.24) is 4.98 Å². The number of nitrogens with zero attached hydrogens (tertiary/aromatic N) is 1. The van der Waals surface area contributed by atoms with Gasteiger partial charge in [-0.05, 0) is 38.1 Å². The minimum atomic E-state index is -0.101. The number of nitrogens with one attached hydrogen (secondary N) is 1. The Kier molecular flexibility index (Phi) is 3.59. The maximum absolute atomic E-state index is 12.0. The first kappa shape index (κ1) is 12.3. The third-order valence-electron chi connectivity index (χ3n) is 2.21. The third-order valence-corrected chi connectivity index (χ3v) is 3.81. The van der Waals surface area contributed by atoms with Gasteiger partial charge in [0, 0.05) is 10.2 Å². The van der Waals surface area contributed by atoms with Crippen LogP contribution < -0.4 is 5.32 Å². The molecule has 1 heterocycles. The first-order chi connectivity index (χ1) is 8.06. The monoisotopic (exact) mass is 310 g/mol. The second-order valence-electron chi connectivity index (χ2n) is 3.61. The zero-order valence-electron chi connectivity index (χ0n) is 9.45. The van der Waals surface area contributed by atoms with Crippen molar-refractivity contribution in [2.75, 3.05) is 5.32 Å². The van der Waals surface area contributed by atoms with Gasteiger partial charge in [0.25, 0.3) is 5.91 Å². The Hall–Kier alpha value is -1.20. The first-order valence-corrected chi connectivity index (χ1v) is 6.68. The molecule has 0 bridgehead atoms. The number of carbonyl (C=O) groups is 1. The van der Waals surface area contributed by atoms with Crippen LogP contribution in [0.3, 0.4) is 0 Å². The summed E-state index contributed by atoms with van der Waals surface area (Å²) in [7, 11) is 0. The van der Waals surface area contributed by atoms with Gasteiger partial charge in [0.15, 0.2) is 0 Å². The summed E-state index contributed by atoms with van der Waals surface area (Å²) in [4.78, 5) is 16.9. The summed E-state index contributed by atoms with van der Waals surface area (Å²) in [6.45, 7) is 3.74. The Balaban J connectivity index is 2.17. The summed E-state index contributed by atoms with van der Waals surface area (Å²) in [5.74, 6) is -0.101. The van der Waals surface area contributed by atoms with Gasteiger partial charge in [0.05, 0.1) is 10.7 Å². The van der Waals surface area contributed by atoms with Crippen LogP contribution in [0.25, 0.3) is 0 Å². The number of hydrogen-bond donors (Lipinski definition) is 1. The van der Waals surface area contributed by atoms with Gasteiger partial charge in [-0.15, -0.1) is 11.3 Å². The number of amides is 1. The molecule has 0 aliphatic carbocycles. The molecular weight excluding hydrogens is 300 g/mol. The van der Waals surface area contributed by atoms with E-state index in [-0.39, 0.29) is 5.91 Å². The second-order valence-corrected chi connectivity index (χ2v) is 5.73. The molecule has 0 unspecified atom stereocenters. The lowest BCUT2D eigenvalue weighted by atomic mass is 10.3. The average Bonchev–Trinajstić information content (AvgIpc) is 2.61. The Labute approximate surface area is 112 Å². The average molecular weight is 311 g/mol. The Morgan fingerprint density at radius 3 is 2.47 bits per heavy atom. The van der Waals surface area contributed by atoms with Gasteiger partial charge in [-0.25, -0.2) is 4.98 Å². The largest absolute Gasteiger partial charge is 0.321 e. The molecule has 88 valence electrons. The van der Waals surface area contributed by atoms with Crippen LogP contribution in [-0.4, -0.2) is 10.9 Å². The number of halogens is 1. The Morgan fingerprint density at radius 2 is 1.94 bits per heavy atom. The van der Waals surface area contributed by atoms with Gasteiger partial charge in [-0.3, -0.25) is 4.79 Å². The summed E-state index contributed by atoms with van der Waals surface area (Å²) in [6.07, 6.45) is 0. The molecule has 1 aromatic heterocycles. The number of anilines is 1. The van der Waals surface area contributed by atoms with E-state index in [0.29, 0.717) is 4.88 Å². The van der Waals surface area contributed by atoms with Gasteiger partial charge < -0.3 is 5.32 Å². The van der Waals surface area contributed by atoms with Gasteiger partial charge in [-0.1, -0.05) is 15.9 Å². The van der Waals surface area contributed by atoms with Crippen molar-refractivity contribution in [3.8, 4) is 0 Å². The van der Waals surface area contributed by atoms with Crippen LogP contribution in [0.15, 0.2) is 28.7 Å². The van der Waals surface area contributed by atoms with Crippen molar-refractivity contribution in [3.63, 3.8) is 0 Å². The summed E-state index contributed by atoms with van der Waals surface area (Å²) < 4.78 is 0.986. The lowest BCUT2D eigenvalue weighted by Crippen LogP contribution is -2.11. The van der Waals surface area contributed by atoms with Crippen molar-refractivity contribution in [2.45, 2.75) is 13.8 Å². The van der Waals surface area contributed by atoms with E-state index in [2.05, 4.69) is 26.2 Å². The SMILES string of the molecule is Cc1nc(C)c(C(=O)Nc2ccc(Br)cc2)s1. The molecule has 1 aromatic carbocycles. The Morgan fingerprint density at radius 1 is 1.29 bits per heavy atom. The third kappa shape index (κ3) is 2.92. The fourth-order valence-corrected chi connectivity index (χ4v) is 2.54. The van der Waals surface area contributed by atoms with Gasteiger partial charge in [-0.2, -0.15) is 0 Å². The highest BCUT2D eigenvalue weighted by Crippen LogP contribution is 2.20. The molecule has 17 heavy (non-hydrogen) atoms. The van der Waals surface area contributed by atoms with Crippen LogP contribution in [0, 0.1) is 13.8 Å². The van der Waals surface area contributed by atoms with Crippen LogP contribution in [0.4, 0.5) is 5.69 Å². The molecule has 0 saturated carbocycles. The molecule has 0 aliphatic heterocycles. The highest BCUT2D eigenvalue weighted by molar-refractivity contribution is 9.10. The number of carbonyl (C=O) groups excluding carboxylic acids is 1. The number of aryl methyl sites for hydroxylation is 2. The zero-order chi connectivity index (χ0) is 12.4. The molecule has 0 radical (unpaired) electrons. The zero-order valence-corrected chi connectivity index (χ0v) is 11.9. The van der Waals surface area contributed by atoms with Crippen LogP contribution in [0.2, 0.25) is 0 Å². The normalized spacial score (nSPS) is 10.3. The Bertz CT molecular complexity index is 548. The molecule has 0 fully saturated rings. The molecule has 5 heteroatoms. The van der Waals surface area contributed by atoms with Gasteiger partial charge in [0.2, 0.25) is 0 Å². The molecule has 0 spiro atoms. The molecule has 1 amide bonds. The number of rotatable bonds is 2. The topological polar surface area (TPSA) is 42.0 Å². The molecule has 3 nitrogen and oxygen atoms in total. The smallest absolute Gasteiger partial charge is 0.267 e. The predicted octanol–water partition coefficient (Wildman–Crippen LogP) is 3.77. The summed E-state index contributed by atoms with van der Waals surface area (Å²) >= 11 is 4.76. The van der Waals surface area contributed by atoms with Crippen LogP contribution in [0.5, 0.6) is 0 Å². The summed E-state index contributed by atoms with van der Waals surface area (Å²) in [5.41, 5.74) is 1.56. The lowest BCUT2D eigenvalue weighted by Gasteiger charge is -2.03. The highest BCUT2D eigenvalue weighted by atomic mass is 79.9. The molecule has 0 atom stereocenters. The molecule has 0 saturated heterocycles. The predicted molar refractivity (Wildman–Crippen MR) is 73.7 cm³/mol. The maximum atomic E-state index is 12.0. The van der Waals surface area contributed by atoms with Crippen LogP contribution >= 0.6 is 27.3 Å². The molecule has 1 N–H and O–H groups in total. The summed E-state index contributed by atoms with van der Waals surface area (Å²) in [6, 6.07) is 7.48. The summed E-state index contributed by atoms with van der Waals surface area (Å²) in [5, 5.41) is 3.76.